The Bertz CT molecular complexity index is 495. The van der Waals surface area contributed by atoms with Gasteiger partial charge < -0.3 is 19.7 Å². The van der Waals surface area contributed by atoms with Gasteiger partial charge in [0.15, 0.2) is 0 Å². The average molecular weight is 299 g/mol. The van der Waals surface area contributed by atoms with E-state index in [0.29, 0.717) is 29.6 Å². The van der Waals surface area contributed by atoms with Gasteiger partial charge in [-0.15, -0.1) is 0 Å². The number of hydrogen-bond acceptors (Lipinski definition) is 3. The van der Waals surface area contributed by atoms with Crippen molar-refractivity contribution in [1.29, 1.82) is 0 Å². The molecule has 5 nitrogen and oxygen atoms in total. The van der Waals surface area contributed by atoms with Crippen molar-refractivity contribution in [2.24, 2.45) is 0 Å². The molecule has 0 saturated carbocycles. The zero-order valence-corrected chi connectivity index (χ0v) is 12.6. The lowest BCUT2D eigenvalue weighted by Crippen LogP contribution is -2.52. The fraction of sp³-hybridized carbons (Fsp3) is 0.500. The maximum atomic E-state index is 12.3. The smallest absolute Gasteiger partial charge is 0.322 e. The minimum absolute atomic E-state index is 0.0214. The van der Waals surface area contributed by atoms with E-state index in [1.165, 1.54) is 0 Å². The van der Waals surface area contributed by atoms with Crippen molar-refractivity contribution in [3.63, 3.8) is 0 Å². The molecular weight excluding hydrogens is 280 g/mol. The second kappa shape index (κ2) is 6.33. The number of carbonyl (C=O) groups excluding carboxylic acids is 1. The number of nitrogens with one attached hydrogen (secondary N) is 1. The molecule has 2 rings (SSSR count). The van der Waals surface area contributed by atoms with Crippen LogP contribution in [0.3, 0.4) is 0 Å². The van der Waals surface area contributed by atoms with E-state index < -0.39 is 0 Å². The second-order valence-corrected chi connectivity index (χ2v) is 5.19. The third-order valence-electron chi connectivity index (χ3n) is 3.56. The molecule has 1 aliphatic rings. The van der Waals surface area contributed by atoms with Gasteiger partial charge in [-0.25, -0.2) is 4.79 Å². The van der Waals surface area contributed by atoms with Gasteiger partial charge in [-0.1, -0.05) is 11.6 Å². The van der Waals surface area contributed by atoms with Crippen molar-refractivity contribution in [2.75, 3.05) is 25.6 Å². The Morgan fingerprint density at radius 2 is 2.25 bits per heavy atom. The normalized spacial score (nSPS) is 22.5. The van der Waals surface area contributed by atoms with Gasteiger partial charge in [0.1, 0.15) is 5.75 Å². The van der Waals surface area contributed by atoms with Gasteiger partial charge in [-0.2, -0.15) is 0 Å². The van der Waals surface area contributed by atoms with Crippen LogP contribution in [0.25, 0.3) is 0 Å². The number of ether oxygens (including phenoxy) is 2. The number of rotatable bonds is 2. The molecule has 0 bridgehead atoms. The SMILES string of the molecule is COc1ccc(Cl)c(NC(=O)N2CCO[C@@H](C)[C@H]2C)c1. The number of amides is 2. The molecule has 6 heteroatoms. The van der Waals surface area contributed by atoms with E-state index in [0.717, 1.165) is 0 Å². The van der Waals surface area contributed by atoms with Crippen LogP contribution in [0.4, 0.5) is 10.5 Å². The van der Waals surface area contributed by atoms with Crippen molar-refractivity contribution >= 4 is 23.3 Å². The van der Waals surface area contributed by atoms with Crippen molar-refractivity contribution in [3.05, 3.63) is 23.2 Å². The van der Waals surface area contributed by atoms with Crippen LogP contribution in [0.15, 0.2) is 18.2 Å². The molecular formula is C14H19ClN2O3. The molecule has 1 N–H and O–H groups in total. The highest BCUT2D eigenvalue weighted by molar-refractivity contribution is 6.33. The molecule has 2 atom stereocenters. The van der Waals surface area contributed by atoms with Crippen LogP contribution >= 0.6 is 11.6 Å². The molecule has 1 aromatic rings. The van der Waals surface area contributed by atoms with Crippen molar-refractivity contribution < 1.29 is 14.3 Å². The van der Waals surface area contributed by atoms with E-state index in [1.807, 2.05) is 13.8 Å². The highest BCUT2D eigenvalue weighted by Gasteiger charge is 2.29. The van der Waals surface area contributed by atoms with Crippen LogP contribution in [-0.2, 0) is 4.74 Å². The van der Waals surface area contributed by atoms with Gasteiger partial charge in [0.05, 0.1) is 36.6 Å². The Labute approximate surface area is 123 Å². The lowest BCUT2D eigenvalue weighted by Gasteiger charge is -2.37. The molecule has 0 spiro atoms. The first-order valence-corrected chi connectivity index (χ1v) is 6.93. The number of methoxy groups -OCH3 is 1. The van der Waals surface area contributed by atoms with Gasteiger partial charge in [0, 0.05) is 12.6 Å². The highest BCUT2D eigenvalue weighted by atomic mass is 35.5. The van der Waals surface area contributed by atoms with E-state index in [9.17, 15) is 4.79 Å². The average Bonchev–Trinajstić information content (AvgIpc) is 2.44. The fourth-order valence-electron chi connectivity index (χ4n) is 2.13. The van der Waals surface area contributed by atoms with Crippen LogP contribution in [0.1, 0.15) is 13.8 Å². The summed E-state index contributed by atoms with van der Waals surface area (Å²) in [5.41, 5.74) is 0.544. The van der Waals surface area contributed by atoms with Crippen molar-refractivity contribution in [1.82, 2.24) is 4.90 Å². The van der Waals surface area contributed by atoms with Gasteiger partial charge in [0.25, 0.3) is 0 Å². The Balaban J connectivity index is 2.11. The molecule has 1 aromatic carbocycles. The Morgan fingerprint density at radius 3 is 2.95 bits per heavy atom. The summed E-state index contributed by atoms with van der Waals surface area (Å²) in [5.74, 6) is 0.646. The number of urea groups is 1. The minimum Gasteiger partial charge on any atom is -0.497 e. The Hall–Kier alpha value is -1.46. The molecule has 1 aliphatic heterocycles. The van der Waals surface area contributed by atoms with Gasteiger partial charge in [-0.05, 0) is 26.0 Å². The lowest BCUT2D eigenvalue weighted by atomic mass is 10.1. The summed E-state index contributed by atoms with van der Waals surface area (Å²) >= 11 is 6.09. The Kier molecular flexibility index (Phi) is 4.73. The van der Waals surface area contributed by atoms with Crippen LogP contribution in [-0.4, -0.2) is 43.3 Å². The van der Waals surface area contributed by atoms with Crippen molar-refractivity contribution in [2.45, 2.75) is 26.0 Å². The minimum atomic E-state index is -0.178. The van der Waals surface area contributed by atoms with Crippen LogP contribution < -0.4 is 10.1 Å². The molecule has 1 saturated heterocycles. The third kappa shape index (κ3) is 3.16. The van der Waals surface area contributed by atoms with Gasteiger partial charge in [0.2, 0.25) is 0 Å². The molecule has 1 fully saturated rings. The molecule has 20 heavy (non-hydrogen) atoms. The van der Waals surface area contributed by atoms with E-state index in [4.69, 9.17) is 21.1 Å². The van der Waals surface area contributed by atoms with Crippen LogP contribution in [0.5, 0.6) is 5.75 Å². The van der Waals surface area contributed by atoms with E-state index in [2.05, 4.69) is 5.32 Å². The predicted octanol–water partition coefficient (Wildman–Crippen LogP) is 2.99. The van der Waals surface area contributed by atoms with E-state index in [-0.39, 0.29) is 18.2 Å². The highest BCUT2D eigenvalue weighted by Crippen LogP contribution is 2.27. The maximum absolute atomic E-state index is 12.3. The predicted molar refractivity (Wildman–Crippen MR) is 78.6 cm³/mol. The number of nitrogens with zero attached hydrogens (tertiary/aromatic N) is 1. The molecule has 0 aromatic heterocycles. The summed E-state index contributed by atoms with van der Waals surface area (Å²) in [6, 6.07) is 4.99. The summed E-state index contributed by atoms with van der Waals surface area (Å²) in [6.45, 7) is 5.04. The maximum Gasteiger partial charge on any atom is 0.322 e. The quantitative estimate of drug-likeness (QED) is 0.913. The standard InChI is InChI=1S/C14H19ClN2O3/c1-9-10(2)20-7-6-17(9)14(18)16-13-8-11(19-3)4-5-12(13)15/h4-5,8-10H,6-7H2,1-3H3,(H,16,18)/t9-,10+/m1/s1. The first-order valence-electron chi connectivity index (χ1n) is 6.55. The zero-order chi connectivity index (χ0) is 14.7. The summed E-state index contributed by atoms with van der Waals surface area (Å²) in [5, 5.41) is 3.30. The number of hydrogen-bond donors (Lipinski definition) is 1. The third-order valence-corrected chi connectivity index (χ3v) is 3.89. The topological polar surface area (TPSA) is 50.8 Å². The first kappa shape index (κ1) is 14.9. The van der Waals surface area contributed by atoms with E-state index >= 15 is 0 Å². The number of anilines is 1. The molecule has 0 unspecified atom stereocenters. The Morgan fingerprint density at radius 1 is 1.50 bits per heavy atom. The van der Waals surface area contributed by atoms with Crippen molar-refractivity contribution in [3.8, 4) is 5.75 Å². The zero-order valence-electron chi connectivity index (χ0n) is 11.9. The summed E-state index contributed by atoms with van der Waals surface area (Å²) < 4.78 is 10.6. The lowest BCUT2D eigenvalue weighted by molar-refractivity contribution is -0.0355. The molecule has 1 heterocycles. The molecule has 2 amide bonds. The molecule has 0 aliphatic carbocycles. The summed E-state index contributed by atoms with van der Waals surface area (Å²) in [4.78, 5) is 14.1. The van der Waals surface area contributed by atoms with E-state index in [1.54, 1.807) is 30.2 Å². The molecule has 0 radical (unpaired) electrons. The second-order valence-electron chi connectivity index (χ2n) is 4.79. The van der Waals surface area contributed by atoms with Gasteiger partial charge in [-0.3, -0.25) is 0 Å². The largest absolute Gasteiger partial charge is 0.497 e. The fourth-order valence-corrected chi connectivity index (χ4v) is 2.30. The molecule has 110 valence electrons. The summed E-state index contributed by atoms with van der Waals surface area (Å²) in [6.07, 6.45) is 0.0234. The van der Waals surface area contributed by atoms with Crippen LogP contribution in [0, 0.1) is 0 Å². The first-order chi connectivity index (χ1) is 9.52. The van der Waals surface area contributed by atoms with Gasteiger partial charge >= 0.3 is 6.03 Å². The number of carbonyl (C=O) groups is 1. The summed E-state index contributed by atoms with van der Waals surface area (Å²) in [7, 11) is 1.57. The number of morpholine rings is 1. The number of halogens is 1. The number of benzene rings is 1. The monoisotopic (exact) mass is 298 g/mol. The van der Waals surface area contributed by atoms with Crippen LogP contribution in [0.2, 0.25) is 5.02 Å².